The number of carbonyl (C=O) groups excluding carboxylic acids is 1. The maximum absolute atomic E-state index is 12.0. The molecule has 5 heteroatoms. The summed E-state index contributed by atoms with van der Waals surface area (Å²) in [6.45, 7) is 2.78. The summed E-state index contributed by atoms with van der Waals surface area (Å²) in [5, 5.41) is 9.01. The van der Waals surface area contributed by atoms with Gasteiger partial charge in [0, 0.05) is 6.42 Å². The summed E-state index contributed by atoms with van der Waals surface area (Å²) in [6, 6.07) is 0. The standard InChI is InChI=1S/C25H49NO4/c1-5-6-7-8-9-10-11-12-13-14-15-16-17-18-19-20-25(29)30-23(21-24(27)28)22-26(2,3)4/h23H,5-22H2,1-4H3/p+1/t23-/m1/s1. The Bertz CT molecular complexity index is 431. The molecule has 178 valence electrons. The van der Waals surface area contributed by atoms with Gasteiger partial charge >= 0.3 is 11.9 Å². The Kier molecular flexibility index (Phi) is 18.0. The van der Waals surface area contributed by atoms with E-state index in [9.17, 15) is 9.59 Å². The zero-order valence-electron chi connectivity index (χ0n) is 20.4. The highest BCUT2D eigenvalue weighted by Gasteiger charge is 2.24. The van der Waals surface area contributed by atoms with Crippen molar-refractivity contribution in [2.75, 3.05) is 27.7 Å². The topological polar surface area (TPSA) is 63.6 Å². The predicted octanol–water partition coefficient (Wildman–Crippen LogP) is 6.34. The van der Waals surface area contributed by atoms with E-state index in [1.54, 1.807) is 0 Å². The minimum Gasteiger partial charge on any atom is -0.481 e. The third kappa shape index (κ3) is 21.6. The fraction of sp³-hybridized carbons (Fsp3) is 0.920. The van der Waals surface area contributed by atoms with Crippen molar-refractivity contribution in [3.8, 4) is 0 Å². The summed E-state index contributed by atoms with van der Waals surface area (Å²) in [6.07, 6.45) is 19.1. The molecule has 1 atom stereocenters. The molecule has 0 aliphatic rings. The second-order valence-corrected chi connectivity index (χ2v) is 9.88. The van der Waals surface area contributed by atoms with Crippen molar-refractivity contribution in [1.82, 2.24) is 0 Å². The van der Waals surface area contributed by atoms with Crippen LogP contribution in [0.2, 0.25) is 0 Å². The molecule has 0 aromatic rings. The lowest BCUT2D eigenvalue weighted by Crippen LogP contribution is -2.43. The number of likely N-dealkylation sites (N-methyl/N-ethyl adjacent to an activating group) is 1. The summed E-state index contributed by atoms with van der Waals surface area (Å²) < 4.78 is 5.99. The molecule has 0 heterocycles. The van der Waals surface area contributed by atoms with Gasteiger partial charge in [-0.3, -0.25) is 9.59 Å². The second-order valence-electron chi connectivity index (χ2n) is 9.88. The molecule has 0 saturated carbocycles. The van der Waals surface area contributed by atoms with E-state index in [4.69, 9.17) is 9.84 Å². The smallest absolute Gasteiger partial charge is 0.307 e. The lowest BCUT2D eigenvalue weighted by atomic mass is 10.0. The van der Waals surface area contributed by atoms with Gasteiger partial charge in [0.2, 0.25) is 0 Å². The number of carboxylic acids is 1. The van der Waals surface area contributed by atoms with E-state index in [0.29, 0.717) is 17.4 Å². The van der Waals surface area contributed by atoms with E-state index >= 15 is 0 Å². The zero-order valence-corrected chi connectivity index (χ0v) is 20.4. The molecular weight excluding hydrogens is 378 g/mol. The van der Waals surface area contributed by atoms with Gasteiger partial charge in [0.15, 0.2) is 6.10 Å². The molecular formula is C25H50NO4+. The molecule has 30 heavy (non-hydrogen) atoms. The average Bonchev–Trinajstić information content (AvgIpc) is 2.63. The molecule has 0 fully saturated rings. The van der Waals surface area contributed by atoms with Gasteiger partial charge in [-0.15, -0.1) is 0 Å². The van der Waals surface area contributed by atoms with Crippen molar-refractivity contribution in [2.24, 2.45) is 0 Å². The number of hydrogen-bond acceptors (Lipinski definition) is 3. The normalized spacial score (nSPS) is 12.7. The first-order valence-corrected chi connectivity index (χ1v) is 12.5. The van der Waals surface area contributed by atoms with Gasteiger partial charge < -0.3 is 14.3 Å². The number of carbonyl (C=O) groups is 2. The van der Waals surface area contributed by atoms with Gasteiger partial charge in [0.25, 0.3) is 0 Å². The fourth-order valence-electron chi connectivity index (χ4n) is 3.83. The highest BCUT2D eigenvalue weighted by molar-refractivity contribution is 5.71. The Morgan fingerprint density at radius 1 is 0.733 bits per heavy atom. The Morgan fingerprint density at radius 3 is 1.50 bits per heavy atom. The van der Waals surface area contributed by atoms with Gasteiger partial charge in [-0.25, -0.2) is 0 Å². The number of nitrogens with zero attached hydrogens (tertiary/aromatic N) is 1. The molecule has 0 unspecified atom stereocenters. The summed E-state index contributed by atoms with van der Waals surface area (Å²) >= 11 is 0. The van der Waals surface area contributed by atoms with Crippen LogP contribution in [0.3, 0.4) is 0 Å². The Morgan fingerprint density at radius 2 is 1.13 bits per heavy atom. The first kappa shape index (κ1) is 28.9. The summed E-state index contributed by atoms with van der Waals surface area (Å²) in [4.78, 5) is 23.0. The third-order valence-corrected chi connectivity index (χ3v) is 5.44. The lowest BCUT2D eigenvalue weighted by molar-refractivity contribution is -0.873. The molecule has 0 aromatic carbocycles. The maximum Gasteiger partial charge on any atom is 0.307 e. The number of carboxylic acid groups (broad SMARTS) is 1. The Labute approximate surface area is 186 Å². The minimum absolute atomic E-state index is 0.125. The molecule has 0 aliphatic heterocycles. The number of aliphatic carboxylic acids is 1. The van der Waals surface area contributed by atoms with Crippen molar-refractivity contribution in [1.29, 1.82) is 0 Å². The van der Waals surface area contributed by atoms with Crippen molar-refractivity contribution in [3.63, 3.8) is 0 Å². The predicted molar refractivity (Wildman–Crippen MR) is 125 cm³/mol. The van der Waals surface area contributed by atoms with Crippen LogP contribution < -0.4 is 0 Å². The highest BCUT2D eigenvalue weighted by Crippen LogP contribution is 2.14. The van der Waals surface area contributed by atoms with Crippen molar-refractivity contribution in [3.05, 3.63) is 0 Å². The minimum atomic E-state index is -0.923. The van der Waals surface area contributed by atoms with E-state index in [0.717, 1.165) is 12.8 Å². The maximum atomic E-state index is 12.0. The summed E-state index contributed by atoms with van der Waals surface area (Å²) in [7, 11) is 5.91. The van der Waals surface area contributed by atoms with Gasteiger partial charge in [-0.05, 0) is 6.42 Å². The molecule has 5 nitrogen and oxygen atoms in total. The van der Waals surface area contributed by atoms with Crippen LogP contribution in [0.4, 0.5) is 0 Å². The molecule has 0 aliphatic carbocycles. The fourth-order valence-corrected chi connectivity index (χ4v) is 3.83. The van der Waals surface area contributed by atoms with Crippen LogP contribution in [-0.4, -0.2) is 55.3 Å². The van der Waals surface area contributed by atoms with Crippen LogP contribution in [0.5, 0.6) is 0 Å². The van der Waals surface area contributed by atoms with Crippen LogP contribution in [0.25, 0.3) is 0 Å². The molecule has 0 amide bonds. The number of quaternary nitrogens is 1. The van der Waals surface area contributed by atoms with Gasteiger partial charge in [-0.2, -0.15) is 0 Å². The number of hydrogen-bond donors (Lipinski definition) is 1. The first-order chi connectivity index (χ1) is 14.2. The molecule has 0 bridgehead atoms. The molecule has 0 spiro atoms. The van der Waals surface area contributed by atoms with Crippen LogP contribution in [0.15, 0.2) is 0 Å². The zero-order chi connectivity index (χ0) is 22.7. The monoisotopic (exact) mass is 428 g/mol. The molecule has 0 rings (SSSR count). The largest absolute Gasteiger partial charge is 0.481 e. The van der Waals surface area contributed by atoms with Crippen molar-refractivity contribution < 1.29 is 23.9 Å². The van der Waals surface area contributed by atoms with Gasteiger partial charge in [0.1, 0.15) is 6.54 Å². The quantitative estimate of drug-likeness (QED) is 0.132. The van der Waals surface area contributed by atoms with Crippen LogP contribution in [-0.2, 0) is 14.3 Å². The number of esters is 1. The van der Waals surface area contributed by atoms with E-state index in [2.05, 4.69) is 6.92 Å². The number of rotatable bonds is 21. The summed E-state index contributed by atoms with van der Waals surface area (Å²) in [5.74, 6) is -1.18. The molecule has 0 radical (unpaired) electrons. The second kappa shape index (κ2) is 18.7. The number of ether oxygens (including phenoxy) is 1. The van der Waals surface area contributed by atoms with E-state index in [1.807, 2.05) is 21.1 Å². The Balaban J connectivity index is 3.56. The van der Waals surface area contributed by atoms with Gasteiger partial charge in [-0.1, -0.05) is 96.8 Å². The third-order valence-electron chi connectivity index (χ3n) is 5.44. The van der Waals surface area contributed by atoms with Gasteiger partial charge in [0.05, 0.1) is 27.6 Å². The molecule has 1 N–H and O–H groups in total. The van der Waals surface area contributed by atoms with Crippen molar-refractivity contribution >= 4 is 11.9 Å². The first-order valence-electron chi connectivity index (χ1n) is 12.5. The van der Waals surface area contributed by atoms with Crippen molar-refractivity contribution in [2.45, 2.75) is 122 Å². The lowest BCUT2D eigenvalue weighted by Gasteiger charge is -2.28. The summed E-state index contributed by atoms with van der Waals surface area (Å²) in [5.41, 5.74) is 0. The van der Waals surface area contributed by atoms with Crippen LogP contribution in [0.1, 0.15) is 116 Å². The molecule has 0 aromatic heterocycles. The van der Waals surface area contributed by atoms with E-state index in [1.165, 1.54) is 83.5 Å². The highest BCUT2D eigenvalue weighted by atomic mass is 16.5. The molecule has 0 saturated heterocycles. The van der Waals surface area contributed by atoms with E-state index < -0.39 is 12.1 Å². The van der Waals surface area contributed by atoms with Crippen LogP contribution in [0, 0.1) is 0 Å². The Hall–Kier alpha value is -1.10. The SMILES string of the molecule is CCCCCCCCCCCCCCCCCC(=O)O[C@H](CC(=O)O)C[N+](C)(C)C. The number of unbranched alkanes of at least 4 members (excludes halogenated alkanes) is 14. The van der Waals surface area contributed by atoms with E-state index in [-0.39, 0.29) is 12.4 Å². The van der Waals surface area contributed by atoms with Crippen LogP contribution >= 0.6 is 0 Å². The average molecular weight is 429 g/mol.